The van der Waals surface area contributed by atoms with E-state index in [0.717, 1.165) is 0 Å². The van der Waals surface area contributed by atoms with Gasteiger partial charge >= 0.3 is 0 Å². The molecule has 0 fully saturated rings. The van der Waals surface area contributed by atoms with E-state index in [4.69, 9.17) is 23.2 Å². The summed E-state index contributed by atoms with van der Waals surface area (Å²) < 4.78 is 13.5. The maximum absolute atomic E-state index is 13.5. The lowest BCUT2D eigenvalue weighted by molar-refractivity contribution is -0.129. The topological polar surface area (TPSA) is 20.3 Å². The maximum Gasteiger partial charge on any atom is 0.226 e. The Morgan fingerprint density at radius 3 is 2.71 bits per heavy atom. The molecule has 0 saturated carbocycles. The fourth-order valence-corrected chi connectivity index (χ4v) is 1.90. The fourth-order valence-electron chi connectivity index (χ4n) is 1.47. The molecule has 0 aliphatic rings. The quantitative estimate of drug-likeness (QED) is 0.775. The highest BCUT2D eigenvalue weighted by Gasteiger charge is 2.16. The Kier molecular flexibility index (Phi) is 5.22. The largest absolute Gasteiger partial charge is 0.344 e. The van der Waals surface area contributed by atoms with Crippen molar-refractivity contribution in [2.75, 3.05) is 13.6 Å². The molecule has 1 atom stereocenters. The number of amides is 1. The minimum Gasteiger partial charge on any atom is -0.344 e. The van der Waals surface area contributed by atoms with Crippen LogP contribution in [0.5, 0.6) is 0 Å². The molecule has 1 rings (SSSR count). The highest BCUT2D eigenvalue weighted by Crippen LogP contribution is 2.20. The predicted molar refractivity (Wildman–Crippen MR) is 68.1 cm³/mol. The monoisotopic (exact) mass is 277 g/mol. The maximum atomic E-state index is 13.5. The van der Waals surface area contributed by atoms with Crippen LogP contribution in [0.25, 0.3) is 0 Å². The van der Waals surface area contributed by atoms with Crippen LogP contribution in [0.15, 0.2) is 18.2 Å². The number of carbonyl (C=O) groups is 1. The third-order valence-electron chi connectivity index (χ3n) is 2.34. The van der Waals surface area contributed by atoms with E-state index < -0.39 is 5.82 Å². The van der Waals surface area contributed by atoms with Crippen LogP contribution in [-0.4, -0.2) is 29.8 Å². The molecule has 0 bridgehead atoms. The number of likely N-dealkylation sites (N-methyl/N-ethyl adjacent to an activating group) is 1. The zero-order chi connectivity index (χ0) is 13.0. The van der Waals surface area contributed by atoms with E-state index >= 15 is 0 Å². The molecule has 1 aromatic carbocycles. The van der Waals surface area contributed by atoms with E-state index in [1.54, 1.807) is 20.0 Å². The molecule has 0 spiro atoms. The summed E-state index contributed by atoms with van der Waals surface area (Å²) in [6, 6.07) is 4.37. The summed E-state index contributed by atoms with van der Waals surface area (Å²) in [5.74, 6) is -0.664. The van der Waals surface area contributed by atoms with E-state index in [-0.39, 0.29) is 28.3 Å². The summed E-state index contributed by atoms with van der Waals surface area (Å²) in [6.45, 7) is 2.22. The summed E-state index contributed by atoms with van der Waals surface area (Å²) in [7, 11) is 1.63. The molecule has 17 heavy (non-hydrogen) atoms. The molecule has 0 aliphatic heterocycles. The Morgan fingerprint density at radius 2 is 2.18 bits per heavy atom. The van der Waals surface area contributed by atoms with Crippen molar-refractivity contribution in [1.29, 1.82) is 0 Å². The van der Waals surface area contributed by atoms with Gasteiger partial charge in [-0.05, 0) is 19.1 Å². The van der Waals surface area contributed by atoms with Crippen LogP contribution < -0.4 is 0 Å². The van der Waals surface area contributed by atoms with Gasteiger partial charge in [-0.1, -0.05) is 17.7 Å². The minimum absolute atomic E-state index is 0.0500. The van der Waals surface area contributed by atoms with E-state index in [1.165, 1.54) is 17.0 Å². The Hall–Kier alpha value is -0.800. The number of carbonyl (C=O) groups excluding carboxylic acids is 1. The Morgan fingerprint density at radius 1 is 1.53 bits per heavy atom. The molecule has 1 amide bonds. The van der Waals surface area contributed by atoms with Crippen molar-refractivity contribution in [2.45, 2.75) is 18.7 Å². The first kappa shape index (κ1) is 14.3. The molecular weight excluding hydrogens is 264 g/mol. The van der Waals surface area contributed by atoms with Crippen molar-refractivity contribution in [3.63, 3.8) is 0 Å². The number of alkyl halides is 1. The number of hydrogen-bond donors (Lipinski definition) is 0. The number of rotatable bonds is 4. The molecular formula is C12H14Cl2FNO. The average Bonchev–Trinajstić information content (AvgIpc) is 2.22. The SMILES string of the molecule is CC(Cl)CN(C)C(=O)Cc1c(F)cccc1Cl. The number of benzene rings is 1. The first-order valence-corrected chi connectivity index (χ1v) is 6.04. The third kappa shape index (κ3) is 4.17. The first-order valence-electron chi connectivity index (χ1n) is 5.22. The zero-order valence-corrected chi connectivity index (χ0v) is 11.2. The molecule has 0 aliphatic carbocycles. The smallest absolute Gasteiger partial charge is 0.226 e. The van der Waals surface area contributed by atoms with Gasteiger partial charge in [0, 0.05) is 29.6 Å². The number of hydrogen-bond acceptors (Lipinski definition) is 1. The fraction of sp³-hybridized carbons (Fsp3) is 0.417. The third-order valence-corrected chi connectivity index (χ3v) is 2.83. The molecule has 5 heteroatoms. The second-order valence-corrected chi connectivity index (χ2v) is 5.08. The zero-order valence-electron chi connectivity index (χ0n) is 9.71. The van der Waals surface area contributed by atoms with Crippen molar-refractivity contribution >= 4 is 29.1 Å². The van der Waals surface area contributed by atoms with Crippen molar-refractivity contribution in [2.24, 2.45) is 0 Å². The average molecular weight is 278 g/mol. The second-order valence-electron chi connectivity index (χ2n) is 3.93. The molecule has 0 heterocycles. The van der Waals surface area contributed by atoms with Crippen LogP contribution in [0.2, 0.25) is 5.02 Å². The van der Waals surface area contributed by atoms with Gasteiger partial charge in [0.2, 0.25) is 5.91 Å². The molecule has 2 nitrogen and oxygen atoms in total. The van der Waals surface area contributed by atoms with Gasteiger partial charge in [0.1, 0.15) is 5.82 Å². The van der Waals surface area contributed by atoms with Crippen LogP contribution in [0, 0.1) is 5.82 Å². The van der Waals surface area contributed by atoms with Gasteiger partial charge < -0.3 is 4.90 Å². The number of halogens is 3. The van der Waals surface area contributed by atoms with E-state index in [0.29, 0.717) is 6.54 Å². The molecule has 94 valence electrons. The summed E-state index contributed by atoms with van der Waals surface area (Å²) in [5.41, 5.74) is 0.230. The lowest BCUT2D eigenvalue weighted by atomic mass is 10.1. The van der Waals surface area contributed by atoms with Crippen molar-refractivity contribution < 1.29 is 9.18 Å². The van der Waals surface area contributed by atoms with Crippen molar-refractivity contribution in [1.82, 2.24) is 4.90 Å². The van der Waals surface area contributed by atoms with Gasteiger partial charge in [-0.3, -0.25) is 4.79 Å². The summed E-state index contributed by atoms with van der Waals surface area (Å²) in [4.78, 5) is 13.3. The summed E-state index contributed by atoms with van der Waals surface area (Å²) in [5, 5.41) is 0.130. The highest BCUT2D eigenvalue weighted by atomic mass is 35.5. The lowest BCUT2D eigenvalue weighted by Crippen LogP contribution is -2.32. The van der Waals surface area contributed by atoms with E-state index in [1.807, 2.05) is 0 Å². The van der Waals surface area contributed by atoms with Crippen molar-refractivity contribution in [3.8, 4) is 0 Å². The van der Waals surface area contributed by atoms with Crippen LogP contribution in [0.1, 0.15) is 12.5 Å². The highest BCUT2D eigenvalue weighted by molar-refractivity contribution is 6.31. The van der Waals surface area contributed by atoms with Gasteiger partial charge in [-0.2, -0.15) is 0 Å². The molecule has 0 radical (unpaired) electrons. The second kappa shape index (κ2) is 6.22. The standard InChI is InChI=1S/C12H14Cl2FNO/c1-8(13)7-16(2)12(17)6-9-10(14)4-3-5-11(9)15/h3-5,8H,6-7H2,1-2H3. The number of nitrogens with zero attached hydrogens (tertiary/aromatic N) is 1. The lowest BCUT2D eigenvalue weighted by Gasteiger charge is -2.18. The molecule has 1 aromatic rings. The molecule has 0 aromatic heterocycles. The predicted octanol–water partition coefficient (Wildman–Crippen LogP) is 3.11. The van der Waals surface area contributed by atoms with E-state index in [2.05, 4.69) is 0 Å². The minimum atomic E-state index is -0.460. The van der Waals surface area contributed by atoms with Gasteiger partial charge in [-0.15, -0.1) is 11.6 Å². The van der Waals surface area contributed by atoms with Crippen LogP contribution in [0.4, 0.5) is 4.39 Å². The van der Waals surface area contributed by atoms with Crippen LogP contribution >= 0.6 is 23.2 Å². The van der Waals surface area contributed by atoms with Crippen LogP contribution in [0.3, 0.4) is 0 Å². The Labute approximate surface area is 110 Å². The summed E-state index contributed by atoms with van der Waals surface area (Å²) in [6.07, 6.45) is -0.0500. The van der Waals surface area contributed by atoms with Gasteiger partial charge in [0.25, 0.3) is 0 Å². The Bertz CT molecular complexity index is 389. The normalized spacial score (nSPS) is 12.3. The first-order chi connectivity index (χ1) is 7.91. The van der Waals surface area contributed by atoms with Crippen molar-refractivity contribution in [3.05, 3.63) is 34.6 Å². The van der Waals surface area contributed by atoms with E-state index in [9.17, 15) is 9.18 Å². The van der Waals surface area contributed by atoms with Crippen LogP contribution in [-0.2, 0) is 11.2 Å². The summed E-state index contributed by atoms with van der Waals surface area (Å²) >= 11 is 11.6. The molecule has 0 N–H and O–H groups in total. The Balaban J connectivity index is 2.74. The van der Waals surface area contributed by atoms with Gasteiger partial charge in [0.05, 0.1) is 6.42 Å². The van der Waals surface area contributed by atoms with Gasteiger partial charge in [-0.25, -0.2) is 4.39 Å². The molecule has 0 saturated heterocycles. The van der Waals surface area contributed by atoms with Gasteiger partial charge in [0.15, 0.2) is 0 Å². The molecule has 1 unspecified atom stereocenters.